The molecule has 0 spiro atoms. The van der Waals surface area contributed by atoms with Gasteiger partial charge in [0.1, 0.15) is 5.76 Å². The quantitative estimate of drug-likeness (QED) is 0.451. The molecule has 29 heavy (non-hydrogen) atoms. The first-order valence-electron chi connectivity index (χ1n) is 8.79. The van der Waals surface area contributed by atoms with Gasteiger partial charge in [0, 0.05) is 10.6 Å². The van der Waals surface area contributed by atoms with Gasteiger partial charge in [-0.3, -0.25) is 14.5 Å². The highest BCUT2D eigenvalue weighted by molar-refractivity contribution is 8.03. The van der Waals surface area contributed by atoms with Crippen molar-refractivity contribution in [3.63, 3.8) is 0 Å². The summed E-state index contributed by atoms with van der Waals surface area (Å²) in [6.07, 6.45) is 1.57. The molecule has 0 fully saturated rings. The van der Waals surface area contributed by atoms with Gasteiger partial charge in [-0.05, 0) is 29.8 Å². The van der Waals surface area contributed by atoms with E-state index in [1.807, 2.05) is 36.4 Å². The summed E-state index contributed by atoms with van der Waals surface area (Å²) in [6.45, 7) is 0.192. The van der Waals surface area contributed by atoms with E-state index in [9.17, 15) is 9.59 Å². The summed E-state index contributed by atoms with van der Waals surface area (Å²) in [5.41, 5.74) is 1.66. The molecule has 0 radical (unpaired) electrons. The first-order chi connectivity index (χ1) is 14.0. The highest BCUT2D eigenvalue weighted by atomic mass is 35.5. The summed E-state index contributed by atoms with van der Waals surface area (Å²) >= 11 is 13.6. The Hall–Kier alpha value is -2.47. The van der Waals surface area contributed by atoms with Crippen LogP contribution in [-0.4, -0.2) is 16.7 Å². The van der Waals surface area contributed by atoms with E-state index in [2.05, 4.69) is 0 Å². The van der Waals surface area contributed by atoms with Crippen molar-refractivity contribution in [1.29, 1.82) is 0 Å². The second kappa shape index (κ2) is 8.49. The van der Waals surface area contributed by atoms with Gasteiger partial charge in [0.25, 0.3) is 11.8 Å². The van der Waals surface area contributed by atoms with Gasteiger partial charge in [-0.15, -0.1) is 11.8 Å². The highest BCUT2D eigenvalue weighted by Gasteiger charge is 2.40. The molecule has 0 N–H and O–H groups in total. The average molecular weight is 444 g/mol. The van der Waals surface area contributed by atoms with Gasteiger partial charge in [0.2, 0.25) is 0 Å². The normalized spacial score (nSPS) is 14.2. The lowest BCUT2D eigenvalue weighted by atomic mass is 10.1. The molecule has 1 aromatic heterocycles. The molecule has 4 rings (SSSR count). The Balaban J connectivity index is 1.71. The summed E-state index contributed by atoms with van der Waals surface area (Å²) in [4.78, 5) is 28.0. The molecule has 7 heteroatoms. The number of carbonyl (C=O) groups excluding carboxylic acids is 2. The lowest BCUT2D eigenvalue weighted by Crippen LogP contribution is -2.30. The Morgan fingerprint density at radius 2 is 1.72 bits per heavy atom. The molecule has 0 atom stereocenters. The molecule has 1 aliphatic rings. The maximum atomic E-state index is 13.2. The lowest BCUT2D eigenvalue weighted by molar-refractivity contribution is -0.137. The van der Waals surface area contributed by atoms with Crippen molar-refractivity contribution in [3.8, 4) is 0 Å². The third kappa shape index (κ3) is 4.13. The summed E-state index contributed by atoms with van der Waals surface area (Å²) in [7, 11) is 0. The zero-order chi connectivity index (χ0) is 20.4. The molecular weight excluding hydrogens is 429 g/mol. The van der Waals surface area contributed by atoms with Crippen molar-refractivity contribution in [2.24, 2.45) is 0 Å². The second-order valence-electron chi connectivity index (χ2n) is 6.38. The van der Waals surface area contributed by atoms with Crippen LogP contribution in [0.15, 0.2) is 76.2 Å². The van der Waals surface area contributed by atoms with E-state index < -0.39 is 0 Å². The summed E-state index contributed by atoms with van der Waals surface area (Å²) in [6, 6.07) is 17.9. The van der Waals surface area contributed by atoms with Crippen LogP contribution in [0.25, 0.3) is 5.57 Å². The number of nitrogens with zero attached hydrogens (tertiary/aromatic N) is 1. The third-order valence-electron chi connectivity index (χ3n) is 4.45. The molecule has 0 unspecified atom stereocenters. The predicted octanol–water partition coefficient (Wildman–Crippen LogP) is 5.80. The minimum absolute atomic E-state index is 0.192. The lowest BCUT2D eigenvalue weighted by Gasteiger charge is -2.15. The zero-order valence-corrected chi connectivity index (χ0v) is 17.4. The Morgan fingerprint density at radius 1 is 0.931 bits per heavy atom. The van der Waals surface area contributed by atoms with Crippen LogP contribution in [0, 0.1) is 0 Å². The fourth-order valence-corrected chi connectivity index (χ4v) is 4.59. The van der Waals surface area contributed by atoms with Crippen LogP contribution in [-0.2, 0) is 21.9 Å². The molecule has 2 aromatic carbocycles. The number of amides is 2. The molecule has 3 aromatic rings. The molecule has 0 saturated heterocycles. The molecule has 0 aliphatic carbocycles. The Bertz CT molecular complexity index is 1090. The summed E-state index contributed by atoms with van der Waals surface area (Å²) in [5, 5.41) is 0.786. The van der Waals surface area contributed by atoms with Crippen molar-refractivity contribution in [2.45, 2.75) is 12.3 Å². The molecule has 2 heterocycles. The largest absolute Gasteiger partial charge is 0.468 e. The number of halogens is 2. The van der Waals surface area contributed by atoms with Crippen molar-refractivity contribution in [3.05, 3.63) is 98.8 Å². The number of hydrogen-bond donors (Lipinski definition) is 0. The topological polar surface area (TPSA) is 50.5 Å². The first-order valence-corrected chi connectivity index (χ1v) is 10.5. The zero-order valence-electron chi connectivity index (χ0n) is 15.1. The van der Waals surface area contributed by atoms with E-state index in [1.54, 1.807) is 30.5 Å². The molecular formula is C22H15Cl2NO3S. The smallest absolute Gasteiger partial charge is 0.268 e. The standard InChI is InChI=1S/C22H15Cl2NO3S/c23-15-8-9-17(18(24)11-15)19-20(29-13-16-7-4-10-28-16)22(27)25(21(19)26)12-14-5-2-1-3-6-14/h1-11H,12-13H2. The SMILES string of the molecule is O=C1C(SCc2ccco2)=C(c2ccc(Cl)cc2Cl)C(=O)N1Cc1ccccc1. The fourth-order valence-electron chi connectivity index (χ4n) is 3.07. The van der Waals surface area contributed by atoms with Crippen LogP contribution in [0.2, 0.25) is 10.0 Å². The number of benzene rings is 2. The first kappa shape index (κ1) is 19.8. The summed E-state index contributed by atoms with van der Waals surface area (Å²) < 4.78 is 5.36. The number of imide groups is 1. The number of hydrogen-bond acceptors (Lipinski definition) is 4. The van der Waals surface area contributed by atoms with Crippen molar-refractivity contribution >= 4 is 52.4 Å². The average Bonchev–Trinajstić information content (AvgIpc) is 3.30. The van der Waals surface area contributed by atoms with Gasteiger partial charge >= 0.3 is 0 Å². The van der Waals surface area contributed by atoms with E-state index in [1.165, 1.54) is 16.7 Å². The van der Waals surface area contributed by atoms with E-state index >= 15 is 0 Å². The Labute approximate surface area is 182 Å². The van der Waals surface area contributed by atoms with Gasteiger partial charge in [-0.2, -0.15) is 0 Å². The van der Waals surface area contributed by atoms with Crippen LogP contribution in [0.5, 0.6) is 0 Å². The molecule has 4 nitrogen and oxygen atoms in total. The maximum absolute atomic E-state index is 13.2. The van der Waals surface area contributed by atoms with Crippen LogP contribution < -0.4 is 0 Å². The molecule has 0 bridgehead atoms. The number of carbonyl (C=O) groups is 2. The number of thioether (sulfide) groups is 1. The van der Waals surface area contributed by atoms with Gasteiger partial charge in [0.05, 0.1) is 34.1 Å². The van der Waals surface area contributed by atoms with E-state index in [4.69, 9.17) is 27.6 Å². The predicted molar refractivity (Wildman–Crippen MR) is 115 cm³/mol. The summed E-state index contributed by atoms with van der Waals surface area (Å²) in [5.74, 6) is 0.433. The van der Waals surface area contributed by atoms with Crippen molar-refractivity contribution in [2.75, 3.05) is 0 Å². The van der Waals surface area contributed by atoms with E-state index in [-0.39, 0.29) is 18.4 Å². The molecule has 0 saturated carbocycles. The molecule has 1 aliphatic heterocycles. The minimum atomic E-state index is -0.370. The number of rotatable bonds is 6. The van der Waals surface area contributed by atoms with Crippen LogP contribution in [0.4, 0.5) is 0 Å². The van der Waals surface area contributed by atoms with Gasteiger partial charge < -0.3 is 4.42 Å². The maximum Gasteiger partial charge on any atom is 0.268 e. The van der Waals surface area contributed by atoms with Gasteiger partial charge in [-0.25, -0.2) is 0 Å². The van der Waals surface area contributed by atoms with Crippen LogP contribution in [0.1, 0.15) is 16.9 Å². The Morgan fingerprint density at radius 3 is 2.41 bits per heavy atom. The Kier molecular flexibility index (Phi) is 5.81. The number of furan rings is 1. The van der Waals surface area contributed by atoms with E-state index in [0.29, 0.717) is 37.6 Å². The van der Waals surface area contributed by atoms with Gasteiger partial charge in [-0.1, -0.05) is 59.6 Å². The van der Waals surface area contributed by atoms with Crippen molar-refractivity contribution in [1.82, 2.24) is 4.90 Å². The van der Waals surface area contributed by atoms with Crippen molar-refractivity contribution < 1.29 is 14.0 Å². The van der Waals surface area contributed by atoms with Crippen LogP contribution >= 0.6 is 35.0 Å². The van der Waals surface area contributed by atoms with E-state index in [0.717, 1.165) is 5.56 Å². The van der Waals surface area contributed by atoms with Gasteiger partial charge in [0.15, 0.2) is 0 Å². The fraction of sp³-hybridized carbons (Fsp3) is 0.0909. The monoisotopic (exact) mass is 443 g/mol. The highest BCUT2D eigenvalue weighted by Crippen LogP contribution is 2.40. The molecule has 146 valence electrons. The third-order valence-corrected chi connectivity index (χ3v) is 6.09. The molecule has 2 amide bonds. The minimum Gasteiger partial charge on any atom is -0.468 e. The van der Waals surface area contributed by atoms with Crippen LogP contribution in [0.3, 0.4) is 0 Å². The second-order valence-corrected chi connectivity index (χ2v) is 8.21.